The zero-order chi connectivity index (χ0) is 23.0. The molecule has 1 aliphatic rings. The molecule has 0 N–H and O–H groups in total. The summed E-state index contributed by atoms with van der Waals surface area (Å²) in [5.74, 6) is 7.88. The van der Waals surface area contributed by atoms with Crippen LogP contribution in [0.15, 0.2) is 66.9 Å². The van der Waals surface area contributed by atoms with E-state index in [4.69, 9.17) is 4.74 Å². The van der Waals surface area contributed by atoms with E-state index in [2.05, 4.69) is 28.6 Å². The van der Waals surface area contributed by atoms with Crippen LogP contribution >= 0.6 is 0 Å². The van der Waals surface area contributed by atoms with Gasteiger partial charge in [-0.3, -0.25) is 4.90 Å². The Hall–Kier alpha value is -3.23. The number of hydrogen-bond donors (Lipinski definition) is 0. The lowest BCUT2D eigenvalue weighted by Crippen LogP contribution is -2.35. The molecule has 5 heteroatoms. The van der Waals surface area contributed by atoms with Gasteiger partial charge in [0, 0.05) is 29.4 Å². The Kier molecular flexibility index (Phi) is 7.70. The minimum atomic E-state index is -2.46. The molecule has 0 unspecified atom stereocenters. The molecular weight excluding hydrogens is 418 g/mol. The highest BCUT2D eigenvalue weighted by molar-refractivity contribution is 5.63. The highest BCUT2D eigenvalue weighted by atomic mass is 19.3. The lowest BCUT2D eigenvalue weighted by atomic mass is 9.99. The Morgan fingerprint density at radius 3 is 2.27 bits per heavy atom. The number of ether oxygens (including phenoxy) is 1. The van der Waals surface area contributed by atoms with Gasteiger partial charge < -0.3 is 4.74 Å². The number of hydrogen-bond acceptors (Lipinski definition) is 3. The first kappa shape index (κ1) is 22.9. The Bertz CT molecular complexity index is 1080. The fourth-order valence-electron chi connectivity index (χ4n) is 3.81. The smallest absolute Gasteiger partial charge is 0.263 e. The Morgan fingerprint density at radius 1 is 0.939 bits per heavy atom. The predicted molar refractivity (Wildman–Crippen MR) is 127 cm³/mol. The van der Waals surface area contributed by atoms with Gasteiger partial charge in [-0.05, 0) is 73.7 Å². The molecular formula is C28H28F2N2O. The van der Waals surface area contributed by atoms with Crippen molar-refractivity contribution in [2.24, 2.45) is 5.92 Å². The van der Waals surface area contributed by atoms with Gasteiger partial charge in [0.05, 0.1) is 0 Å². The SMILES string of the molecule is CC1CCN(CCOc2ccc(C#Cc3ccc(-c4ccc(C(F)F)cc4)cn3)cc2)CC1. The summed E-state index contributed by atoms with van der Waals surface area (Å²) in [5.41, 5.74) is 3.26. The quantitative estimate of drug-likeness (QED) is 0.422. The maximum atomic E-state index is 12.7. The van der Waals surface area contributed by atoms with Crippen molar-refractivity contribution in [2.75, 3.05) is 26.2 Å². The molecule has 0 spiro atoms. The molecule has 0 aliphatic carbocycles. The molecule has 3 nitrogen and oxygen atoms in total. The van der Waals surface area contributed by atoms with Crippen molar-refractivity contribution >= 4 is 0 Å². The van der Waals surface area contributed by atoms with Gasteiger partial charge in [0.25, 0.3) is 6.43 Å². The van der Waals surface area contributed by atoms with Crippen LogP contribution in [-0.4, -0.2) is 36.1 Å². The topological polar surface area (TPSA) is 25.4 Å². The third kappa shape index (κ3) is 6.63. The molecule has 0 radical (unpaired) electrons. The van der Waals surface area contributed by atoms with Crippen LogP contribution in [0.2, 0.25) is 0 Å². The van der Waals surface area contributed by atoms with E-state index in [0.717, 1.165) is 34.9 Å². The van der Waals surface area contributed by atoms with Crippen LogP contribution in [0.4, 0.5) is 8.78 Å². The van der Waals surface area contributed by atoms with Gasteiger partial charge in [-0.2, -0.15) is 0 Å². The van der Waals surface area contributed by atoms with Crippen molar-refractivity contribution in [3.05, 3.63) is 83.7 Å². The number of aromatic nitrogens is 1. The van der Waals surface area contributed by atoms with Crippen LogP contribution < -0.4 is 4.74 Å². The number of alkyl halides is 2. The van der Waals surface area contributed by atoms with Gasteiger partial charge in [-0.15, -0.1) is 0 Å². The second-order valence-electron chi connectivity index (χ2n) is 8.50. The van der Waals surface area contributed by atoms with E-state index in [1.807, 2.05) is 36.4 Å². The van der Waals surface area contributed by atoms with E-state index in [-0.39, 0.29) is 5.56 Å². The largest absolute Gasteiger partial charge is 0.492 e. The molecule has 0 atom stereocenters. The molecule has 1 aromatic heterocycles. The molecule has 4 rings (SSSR count). The summed E-state index contributed by atoms with van der Waals surface area (Å²) in [6.07, 6.45) is 1.80. The van der Waals surface area contributed by atoms with Crippen LogP contribution in [-0.2, 0) is 0 Å². The third-order valence-corrected chi connectivity index (χ3v) is 6.00. The summed E-state index contributed by atoms with van der Waals surface area (Å²) >= 11 is 0. The number of rotatable bonds is 6. The molecule has 1 saturated heterocycles. The first-order valence-electron chi connectivity index (χ1n) is 11.4. The fraction of sp³-hybridized carbons (Fsp3) is 0.321. The highest BCUT2D eigenvalue weighted by Gasteiger charge is 2.15. The molecule has 170 valence electrons. The molecule has 1 fully saturated rings. The molecule has 0 amide bonds. The number of halogens is 2. The van der Waals surface area contributed by atoms with E-state index < -0.39 is 6.43 Å². The molecule has 33 heavy (non-hydrogen) atoms. The second-order valence-corrected chi connectivity index (χ2v) is 8.50. The molecule has 0 saturated carbocycles. The number of pyridine rings is 1. The highest BCUT2D eigenvalue weighted by Crippen LogP contribution is 2.24. The summed E-state index contributed by atoms with van der Waals surface area (Å²) in [5, 5.41) is 0. The van der Waals surface area contributed by atoms with Gasteiger partial charge in [-0.25, -0.2) is 13.8 Å². The maximum absolute atomic E-state index is 12.7. The van der Waals surface area contributed by atoms with Crippen molar-refractivity contribution in [3.8, 4) is 28.7 Å². The number of nitrogens with zero attached hydrogens (tertiary/aromatic N) is 2. The fourth-order valence-corrected chi connectivity index (χ4v) is 3.81. The minimum Gasteiger partial charge on any atom is -0.492 e. The Labute approximate surface area is 194 Å². The summed E-state index contributed by atoms with van der Waals surface area (Å²) in [6.45, 7) is 6.31. The Morgan fingerprint density at radius 2 is 1.64 bits per heavy atom. The first-order chi connectivity index (χ1) is 16.1. The van der Waals surface area contributed by atoms with Gasteiger partial charge in [0.1, 0.15) is 18.1 Å². The number of likely N-dealkylation sites (tertiary alicyclic amines) is 1. The van der Waals surface area contributed by atoms with Crippen molar-refractivity contribution in [2.45, 2.75) is 26.2 Å². The van der Waals surface area contributed by atoms with E-state index in [1.165, 1.54) is 38.1 Å². The first-order valence-corrected chi connectivity index (χ1v) is 11.4. The van der Waals surface area contributed by atoms with Crippen LogP contribution in [0.25, 0.3) is 11.1 Å². The number of benzene rings is 2. The summed E-state index contributed by atoms with van der Waals surface area (Å²) < 4.78 is 31.3. The second kappa shape index (κ2) is 11.1. The Balaban J connectivity index is 1.29. The van der Waals surface area contributed by atoms with Crippen LogP contribution in [0.3, 0.4) is 0 Å². The van der Waals surface area contributed by atoms with Crippen LogP contribution in [0, 0.1) is 17.8 Å². The normalized spacial score (nSPS) is 14.7. The molecule has 2 aromatic carbocycles. The lowest BCUT2D eigenvalue weighted by molar-refractivity contribution is 0.151. The van der Waals surface area contributed by atoms with Gasteiger partial charge >= 0.3 is 0 Å². The maximum Gasteiger partial charge on any atom is 0.263 e. The summed E-state index contributed by atoms with van der Waals surface area (Å²) in [6, 6.07) is 17.8. The predicted octanol–water partition coefficient (Wildman–Crippen LogP) is 6.20. The molecule has 0 bridgehead atoms. The minimum absolute atomic E-state index is 0.0160. The van der Waals surface area contributed by atoms with Crippen LogP contribution in [0.5, 0.6) is 5.75 Å². The van der Waals surface area contributed by atoms with Crippen molar-refractivity contribution < 1.29 is 13.5 Å². The molecule has 3 aromatic rings. The molecule has 2 heterocycles. The van der Waals surface area contributed by atoms with Gasteiger partial charge in [-0.1, -0.05) is 43.2 Å². The average molecular weight is 447 g/mol. The molecule has 1 aliphatic heterocycles. The zero-order valence-electron chi connectivity index (χ0n) is 18.8. The summed E-state index contributed by atoms with van der Waals surface area (Å²) in [7, 11) is 0. The van der Waals surface area contributed by atoms with Crippen LogP contribution in [0.1, 0.15) is 43.0 Å². The average Bonchev–Trinajstić information content (AvgIpc) is 2.85. The van der Waals surface area contributed by atoms with Crippen molar-refractivity contribution in [1.82, 2.24) is 9.88 Å². The van der Waals surface area contributed by atoms with Gasteiger partial charge in [0.2, 0.25) is 0 Å². The van der Waals surface area contributed by atoms with E-state index in [1.54, 1.807) is 18.3 Å². The number of piperidine rings is 1. The third-order valence-electron chi connectivity index (χ3n) is 6.00. The van der Waals surface area contributed by atoms with E-state index >= 15 is 0 Å². The standard InChI is InChI=1S/C28H28F2N2O/c1-21-14-16-32(17-15-21)18-19-33-27-12-3-22(4-13-27)2-10-26-11-9-25(20-31-26)23-5-7-24(8-6-23)28(29)30/h3-9,11-13,20-21,28H,14-19H2,1H3. The van der Waals surface area contributed by atoms with E-state index in [9.17, 15) is 8.78 Å². The lowest BCUT2D eigenvalue weighted by Gasteiger charge is -2.29. The van der Waals surface area contributed by atoms with Crippen molar-refractivity contribution in [1.29, 1.82) is 0 Å². The zero-order valence-corrected chi connectivity index (χ0v) is 18.8. The van der Waals surface area contributed by atoms with Gasteiger partial charge in [0.15, 0.2) is 0 Å². The van der Waals surface area contributed by atoms with Crippen molar-refractivity contribution in [3.63, 3.8) is 0 Å². The summed E-state index contributed by atoms with van der Waals surface area (Å²) in [4.78, 5) is 6.85. The monoisotopic (exact) mass is 446 g/mol. The van der Waals surface area contributed by atoms with E-state index in [0.29, 0.717) is 12.3 Å².